The van der Waals surface area contributed by atoms with Crippen LogP contribution in [0.4, 0.5) is 0 Å². The number of hydrogen-bond acceptors (Lipinski definition) is 5. The molecule has 0 bridgehead atoms. The van der Waals surface area contributed by atoms with Gasteiger partial charge in [-0.25, -0.2) is 4.68 Å². The molecule has 0 spiro atoms. The van der Waals surface area contributed by atoms with Gasteiger partial charge in [0.1, 0.15) is 5.60 Å². The number of nitrogens with zero attached hydrogens (tertiary/aromatic N) is 5. The van der Waals surface area contributed by atoms with Crippen molar-refractivity contribution in [3.05, 3.63) is 65.7 Å². The first-order valence-corrected chi connectivity index (χ1v) is 7.88. The van der Waals surface area contributed by atoms with E-state index in [0.29, 0.717) is 12.1 Å². The van der Waals surface area contributed by atoms with Gasteiger partial charge in [-0.1, -0.05) is 35.5 Å². The molecular formula is C17H20N6O2. The van der Waals surface area contributed by atoms with Crippen LogP contribution in [-0.4, -0.2) is 42.3 Å². The maximum atomic E-state index is 12.2. The molecule has 8 heteroatoms. The zero-order chi connectivity index (χ0) is 17.9. The average Bonchev–Trinajstić information content (AvgIpc) is 3.23. The Kier molecular flexibility index (Phi) is 4.62. The monoisotopic (exact) mass is 340 g/mol. The minimum Gasteiger partial charge on any atom is -0.383 e. The van der Waals surface area contributed by atoms with E-state index < -0.39 is 5.60 Å². The second kappa shape index (κ2) is 6.86. The molecule has 130 valence electrons. The molecule has 0 saturated heterocycles. The fourth-order valence-corrected chi connectivity index (χ4v) is 2.39. The van der Waals surface area contributed by atoms with Gasteiger partial charge >= 0.3 is 0 Å². The van der Waals surface area contributed by atoms with Crippen molar-refractivity contribution in [3.8, 4) is 0 Å². The molecule has 0 fully saturated rings. The summed E-state index contributed by atoms with van der Waals surface area (Å²) in [6, 6.07) is 9.79. The third-order valence-electron chi connectivity index (χ3n) is 3.88. The molecule has 0 aliphatic heterocycles. The molecule has 2 N–H and O–H groups in total. The Bertz CT molecular complexity index is 853. The largest absolute Gasteiger partial charge is 0.383 e. The Morgan fingerprint density at radius 2 is 2.04 bits per heavy atom. The summed E-state index contributed by atoms with van der Waals surface area (Å²) < 4.78 is 3.20. The quantitative estimate of drug-likeness (QED) is 0.688. The van der Waals surface area contributed by atoms with Gasteiger partial charge in [-0.05, 0) is 12.5 Å². The van der Waals surface area contributed by atoms with E-state index in [1.165, 1.54) is 0 Å². The van der Waals surface area contributed by atoms with Gasteiger partial charge < -0.3 is 10.4 Å². The molecule has 1 unspecified atom stereocenters. The lowest BCUT2D eigenvalue weighted by Gasteiger charge is -2.21. The van der Waals surface area contributed by atoms with Crippen LogP contribution in [0.15, 0.2) is 48.9 Å². The molecule has 2 heterocycles. The van der Waals surface area contributed by atoms with Gasteiger partial charge in [-0.15, -0.1) is 5.10 Å². The topological polar surface area (TPSA) is 97.9 Å². The predicted molar refractivity (Wildman–Crippen MR) is 90.7 cm³/mol. The number of hydrogen-bond donors (Lipinski definition) is 2. The summed E-state index contributed by atoms with van der Waals surface area (Å²) in [7, 11) is 1.77. The highest BCUT2D eigenvalue weighted by Crippen LogP contribution is 2.18. The summed E-state index contributed by atoms with van der Waals surface area (Å²) in [5.41, 5.74) is 0.684. The van der Waals surface area contributed by atoms with Crippen molar-refractivity contribution in [2.24, 2.45) is 7.05 Å². The number of aryl methyl sites for hydroxylation is 1. The highest BCUT2D eigenvalue weighted by atomic mass is 16.3. The molecule has 25 heavy (non-hydrogen) atoms. The maximum Gasteiger partial charge on any atom is 0.273 e. The molecule has 0 aliphatic rings. The molecule has 0 aliphatic carbocycles. The Balaban J connectivity index is 1.60. The SMILES string of the molecule is Cn1cc(C(C)(O)CNC(=O)c2cn(Cc3ccccc3)nn2)cn1. The highest BCUT2D eigenvalue weighted by Gasteiger charge is 2.26. The number of carbonyl (C=O) groups is 1. The summed E-state index contributed by atoms with van der Waals surface area (Å²) in [6.45, 7) is 2.20. The van der Waals surface area contributed by atoms with E-state index in [1.54, 1.807) is 41.9 Å². The van der Waals surface area contributed by atoms with Crippen molar-refractivity contribution >= 4 is 5.91 Å². The number of amides is 1. The van der Waals surface area contributed by atoms with Crippen molar-refractivity contribution in [1.29, 1.82) is 0 Å². The van der Waals surface area contributed by atoms with Crippen molar-refractivity contribution in [3.63, 3.8) is 0 Å². The van der Waals surface area contributed by atoms with Gasteiger partial charge in [0.2, 0.25) is 0 Å². The first-order valence-electron chi connectivity index (χ1n) is 7.88. The normalized spacial score (nSPS) is 13.4. The molecule has 2 aromatic heterocycles. The molecule has 0 saturated carbocycles. The van der Waals surface area contributed by atoms with Crippen LogP contribution in [0.3, 0.4) is 0 Å². The van der Waals surface area contributed by atoms with Crippen LogP contribution in [0.2, 0.25) is 0 Å². The molecule has 8 nitrogen and oxygen atoms in total. The van der Waals surface area contributed by atoms with Crippen LogP contribution in [-0.2, 0) is 19.2 Å². The van der Waals surface area contributed by atoms with E-state index in [1.807, 2.05) is 30.3 Å². The Morgan fingerprint density at radius 3 is 2.72 bits per heavy atom. The summed E-state index contributed by atoms with van der Waals surface area (Å²) in [6.07, 6.45) is 4.87. The minimum atomic E-state index is -1.22. The van der Waals surface area contributed by atoms with Crippen molar-refractivity contribution < 1.29 is 9.90 Å². The van der Waals surface area contributed by atoms with Gasteiger partial charge in [0, 0.05) is 18.8 Å². The van der Waals surface area contributed by atoms with E-state index >= 15 is 0 Å². The predicted octanol–water partition coefficient (Wildman–Crippen LogP) is 0.697. The van der Waals surface area contributed by atoms with Crippen LogP contribution in [0.25, 0.3) is 0 Å². The van der Waals surface area contributed by atoms with Gasteiger partial charge in [0.25, 0.3) is 5.91 Å². The standard InChI is InChI=1S/C17H20N6O2/c1-17(25,14-8-19-22(2)10-14)12-18-16(24)15-11-23(21-20-15)9-13-6-4-3-5-7-13/h3-8,10-11,25H,9,12H2,1-2H3,(H,18,24). The summed E-state index contributed by atoms with van der Waals surface area (Å²) in [4.78, 5) is 12.2. The minimum absolute atomic E-state index is 0.0447. The van der Waals surface area contributed by atoms with Crippen LogP contribution in [0, 0.1) is 0 Å². The summed E-state index contributed by atoms with van der Waals surface area (Å²) in [5, 5.41) is 25.1. The molecule has 3 rings (SSSR count). The zero-order valence-electron chi connectivity index (χ0n) is 14.1. The van der Waals surface area contributed by atoms with E-state index in [2.05, 4.69) is 20.7 Å². The van der Waals surface area contributed by atoms with Gasteiger partial charge in [0.05, 0.1) is 25.5 Å². The van der Waals surface area contributed by atoms with Gasteiger partial charge in [-0.3, -0.25) is 9.48 Å². The smallest absolute Gasteiger partial charge is 0.273 e. The summed E-state index contributed by atoms with van der Waals surface area (Å²) >= 11 is 0. The van der Waals surface area contributed by atoms with Crippen LogP contribution in [0.5, 0.6) is 0 Å². The first kappa shape index (κ1) is 16.8. The fourth-order valence-electron chi connectivity index (χ4n) is 2.39. The van der Waals surface area contributed by atoms with Crippen LogP contribution in [0.1, 0.15) is 28.5 Å². The summed E-state index contributed by atoms with van der Waals surface area (Å²) in [5.74, 6) is -0.386. The number of rotatable bonds is 6. The Labute approximate surface area is 145 Å². The maximum absolute atomic E-state index is 12.2. The number of carbonyl (C=O) groups excluding carboxylic acids is 1. The molecule has 0 radical (unpaired) electrons. The lowest BCUT2D eigenvalue weighted by molar-refractivity contribution is 0.0524. The first-order chi connectivity index (χ1) is 11.9. The van der Waals surface area contributed by atoms with Crippen LogP contribution < -0.4 is 5.32 Å². The highest BCUT2D eigenvalue weighted by molar-refractivity contribution is 5.91. The molecular weight excluding hydrogens is 320 g/mol. The molecule has 1 amide bonds. The number of benzene rings is 1. The number of aromatic nitrogens is 5. The second-order valence-electron chi connectivity index (χ2n) is 6.15. The lowest BCUT2D eigenvalue weighted by Crippen LogP contribution is -2.38. The van der Waals surface area contributed by atoms with Gasteiger partial charge in [-0.2, -0.15) is 5.10 Å². The molecule has 1 aromatic carbocycles. The van der Waals surface area contributed by atoms with E-state index in [9.17, 15) is 9.90 Å². The lowest BCUT2D eigenvalue weighted by atomic mass is 10.00. The van der Waals surface area contributed by atoms with E-state index in [0.717, 1.165) is 5.56 Å². The third kappa shape index (κ3) is 4.10. The van der Waals surface area contributed by atoms with Crippen molar-refractivity contribution in [2.75, 3.05) is 6.54 Å². The Morgan fingerprint density at radius 1 is 1.28 bits per heavy atom. The fraction of sp³-hybridized carbons (Fsp3) is 0.294. The zero-order valence-corrected chi connectivity index (χ0v) is 14.1. The third-order valence-corrected chi connectivity index (χ3v) is 3.88. The van der Waals surface area contributed by atoms with E-state index in [-0.39, 0.29) is 18.1 Å². The molecule has 1 atom stereocenters. The molecule has 3 aromatic rings. The van der Waals surface area contributed by atoms with Crippen LogP contribution >= 0.6 is 0 Å². The second-order valence-corrected chi connectivity index (χ2v) is 6.15. The number of nitrogens with one attached hydrogen (secondary N) is 1. The number of aliphatic hydroxyl groups is 1. The van der Waals surface area contributed by atoms with E-state index in [4.69, 9.17) is 0 Å². The Hall–Kier alpha value is -3.00. The van der Waals surface area contributed by atoms with Gasteiger partial charge in [0.15, 0.2) is 5.69 Å². The van der Waals surface area contributed by atoms with Crippen molar-refractivity contribution in [2.45, 2.75) is 19.1 Å². The van der Waals surface area contributed by atoms with Crippen molar-refractivity contribution in [1.82, 2.24) is 30.1 Å². The average molecular weight is 340 g/mol.